The van der Waals surface area contributed by atoms with Gasteiger partial charge in [0.1, 0.15) is 5.75 Å². The van der Waals surface area contributed by atoms with Crippen molar-refractivity contribution >= 4 is 34.7 Å². The summed E-state index contributed by atoms with van der Waals surface area (Å²) in [6.07, 6.45) is 0. The molecule has 0 aliphatic carbocycles. The first-order chi connectivity index (χ1) is 15.2. The highest BCUT2D eigenvalue weighted by atomic mass is 32.2. The second kappa shape index (κ2) is 8.65. The summed E-state index contributed by atoms with van der Waals surface area (Å²) in [6, 6.07) is 24.5. The second-order valence-electron chi connectivity index (χ2n) is 7.73. The van der Waals surface area contributed by atoms with Crippen LogP contribution in [0, 0.1) is 0 Å². The van der Waals surface area contributed by atoms with E-state index in [1.807, 2.05) is 53.4 Å². The number of nitrogens with zero attached hydrogens (tertiary/aromatic N) is 3. The summed E-state index contributed by atoms with van der Waals surface area (Å²) in [5, 5.41) is 0. The van der Waals surface area contributed by atoms with Gasteiger partial charge in [0.25, 0.3) is 0 Å². The van der Waals surface area contributed by atoms with Gasteiger partial charge in [-0.15, -0.1) is 0 Å². The maximum absolute atomic E-state index is 13.5. The zero-order chi connectivity index (χ0) is 21.2. The van der Waals surface area contributed by atoms with Gasteiger partial charge < -0.3 is 9.64 Å². The Kier molecular flexibility index (Phi) is 5.57. The minimum Gasteiger partial charge on any atom is -0.497 e. The molecule has 2 aliphatic heterocycles. The van der Waals surface area contributed by atoms with E-state index in [0.29, 0.717) is 6.54 Å². The summed E-state index contributed by atoms with van der Waals surface area (Å²) in [6.45, 7) is 3.91. The van der Waals surface area contributed by atoms with Crippen LogP contribution < -0.4 is 14.5 Å². The highest BCUT2D eigenvalue weighted by molar-refractivity contribution is 7.99. The molecule has 0 atom stereocenters. The van der Waals surface area contributed by atoms with E-state index in [1.54, 1.807) is 18.9 Å². The van der Waals surface area contributed by atoms with E-state index in [0.717, 1.165) is 53.1 Å². The van der Waals surface area contributed by atoms with E-state index in [2.05, 4.69) is 34.1 Å². The van der Waals surface area contributed by atoms with Crippen molar-refractivity contribution in [2.45, 2.75) is 9.79 Å². The number of methoxy groups -OCH3 is 1. The summed E-state index contributed by atoms with van der Waals surface area (Å²) in [5.74, 6) is 0.991. The van der Waals surface area contributed by atoms with Gasteiger partial charge in [0.05, 0.1) is 25.0 Å². The van der Waals surface area contributed by atoms with Gasteiger partial charge in [-0.3, -0.25) is 14.6 Å². The normalized spacial score (nSPS) is 15.9. The predicted molar refractivity (Wildman–Crippen MR) is 126 cm³/mol. The molecule has 31 heavy (non-hydrogen) atoms. The molecule has 0 unspecified atom stereocenters. The van der Waals surface area contributed by atoms with Crippen molar-refractivity contribution in [1.82, 2.24) is 4.90 Å². The van der Waals surface area contributed by atoms with Crippen LogP contribution in [0.15, 0.2) is 82.6 Å². The van der Waals surface area contributed by atoms with Crippen molar-refractivity contribution in [3.05, 3.63) is 72.8 Å². The molecule has 3 aromatic carbocycles. The summed E-state index contributed by atoms with van der Waals surface area (Å²) in [5.41, 5.74) is 3.12. The van der Waals surface area contributed by atoms with Gasteiger partial charge in [-0.2, -0.15) is 0 Å². The molecule has 1 saturated heterocycles. The highest BCUT2D eigenvalue weighted by Gasteiger charge is 2.29. The van der Waals surface area contributed by atoms with Crippen molar-refractivity contribution in [2.75, 3.05) is 49.6 Å². The fourth-order valence-electron chi connectivity index (χ4n) is 4.21. The van der Waals surface area contributed by atoms with Gasteiger partial charge in [0.2, 0.25) is 5.91 Å². The van der Waals surface area contributed by atoms with Crippen LogP contribution in [0.1, 0.15) is 0 Å². The largest absolute Gasteiger partial charge is 0.497 e. The second-order valence-corrected chi connectivity index (χ2v) is 8.82. The molecular formula is C25H25N3O2S. The first-order valence-electron chi connectivity index (χ1n) is 10.5. The first-order valence-corrected chi connectivity index (χ1v) is 11.3. The van der Waals surface area contributed by atoms with Crippen LogP contribution in [0.4, 0.5) is 17.1 Å². The van der Waals surface area contributed by atoms with Gasteiger partial charge >= 0.3 is 0 Å². The third-order valence-electron chi connectivity index (χ3n) is 5.83. The maximum atomic E-state index is 13.5. The molecule has 0 N–H and O–H groups in total. The van der Waals surface area contributed by atoms with E-state index < -0.39 is 0 Å². The van der Waals surface area contributed by atoms with Crippen LogP contribution in [0.25, 0.3) is 0 Å². The van der Waals surface area contributed by atoms with E-state index in [4.69, 9.17) is 4.74 Å². The van der Waals surface area contributed by atoms with E-state index in [1.165, 1.54) is 5.69 Å². The third kappa shape index (κ3) is 4.01. The average Bonchev–Trinajstić information content (AvgIpc) is 2.83. The summed E-state index contributed by atoms with van der Waals surface area (Å²) < 4.78 is 5.36. The Hall–Kier alpha value is -2.96. The molecule has 5 nitrogen and oxygen atoms in total. The number of anilines is 3. The molecule has 2 aliphatic rings. The molecule has 0 spiro atoms. The molecule has 5 rings (SSSR count). The SMILES string of the molecule is COc1cccc(N2CCN(CC(=O)N3c4ccccc4Sc4ccccc43)CC2)c1. The quantitative estimate of drug-likeness (QED) is 0.601. The zero-order valence-electron chi connectivity index (χ0n) is 17.5. The van der Waals surface area contributed by atoms with Gasteiger partial charge in [-0.1, -0.05) is 42.1 Å². The number of benzene rings is 3. The van der Waals surface area contributed by atoms with Crippen molar-refractivity contribution in [2.24, 2.45) is 0 Å². The van der Waals surface area contributed by atoms with Crippen LogP contribution in [-0.4, -0.2) is 50.6 Å². The Bertz CT molecular complexity index is 1050. The number of hydrogen-bond donors (Lipinski definition) is 0. The van der Waals surface area contributed by atoms with Gasteiger partial charge in [-0.25, -0.2) is 0 Å². The van der Waals surface area contributed by atoms with Gasteiger partial charge in [-0.05, 0) is 36.4 Å². The Balaban J connectivity index is 1.29. The molecule has 158 valence electrons. The summed E-state index contributed by atoms with van der Waals surface area (Å²) >= 11 is 1.73. The molecule has 0 radical (unpaired) electrons. The number of amides is 1. The summed E-state index contributed by atoms with van der Waals surface area (Å²) in [7, 11) is 1.69. The smallest absolute Gasteiger partial charge is 0.245 e. The standard InChI is InChI=1S/C25H25N3O2S/c1-30-20-8-6-7-19(17-20)27-15-13-26(14-16-27)18-25(29)28-21-9-2-4-11-23(21)31-24-12-5-3-10-22(24)28/h2-12,17H,13-16,18H2,1H3. The van der Waals surface area contributed by atoms with Crippen molar-refractivity contribution < 1.29 is 9.53 Å². The van der Waals surface area contributed by atoms with E-state index in [-0.39, 0.29) is 5.91 Å². The molecule has 1 amide bonds. The number of hydrogen-bond acceptors (Lipinski definition) is 5. The molecule has 2 heterocycles. The zero-order valence-corrected chi connectivity index (χ0v) is 18.3. The van der Waals surface area contributed by atoms with E-state index in [9.17, 15) is 4.79 Å². The minimum atomic E-state index is 0.120. The number of ether oxygens (including phenoxy) is 1. The Morgan fingerprint density at radius 2 is 1.52 bits per heavy atom. The van der Waals surface area contributed by atoms with Crippen LogP contribution in [0.2, 0.25) is 0 Å². The third-order valence-corrected chi connectivity index (χ3v) is 6.96. The number of rotatable bonds is 4. The lowest BCUT2D eigenvalue weighted by molar-refractivity contribution is -0.119. The van der Waals surface area contributed by atoms with Crippen molar-refractivity contribution in [1.29, 1.82) is 0 Å². The maximum Gasteiger partial charge on any atom is 0.245 e. The first kappa shape index (κ1) is 20.0. The van der Waals surface area contributed by atoms with Crippen LogP contribution >= 0.6 is 11.8 Å². The molecule has 3 aromatic rings. The van der Waals surface area contributed by atoms with Gasteiger partial charge in [0.15, 0.2) is 0 Å². The molecule has 6 heteroatoms. The van der Waals surface area contributed by atoms with Gasteiger partial charge in [0, 0.05) is 47.7 Å². The number of piperazine rings is 1. The van der Waals surface area contributed by atoms with Crippen LogP contribution in [0.3, 0.4) is 0 Å². The molecular weight excluding hydrogens is 406 g/mol. The predicted octanol–water partition coefficient (Wildman–Crippen LogP) is 4.65. The lowest BCUT2D eigenvalue weighted by atomic mass is 10.2. The highest BCUT2D eigenvalue weighted by Crippen LogP contribution is 2.47. The van der Waals surface area contributed by atoms with Crippen LogP contribution in [-0.2, 0) is 4.79 Å². The Morgan fingerprint density at radius 1 is 0.871 bits per heavy atom. The molecule has 1 fully saturated rings. The lowest BCUT2D eigenvalue weighted by Crippen LogP contribution is -2.49. The van der Waals surface area contributed by atoms with Crippen LogP contribution in [0.5, 0.6) is 5.75 Å². The minimum absolute atomic E-state index is 0.120. The molecule has 0 bridgehead atoms. The number of para-hydroxylation sites is 2. The number of carbonyl (C=O) groups is 1. The Labute approximate surface area is 187 Å². The number of carbonyl (C=O) groups excluding carboxylic acids is 1. The van der Waals surface area contributed by atoms with Crippen molar-refractivity contribution in [3.8, 4) is 5.75 Å². The fraction of sp³-hybridized carbons (Fsp3) is 0.240. The topological polar surface area (TPSA) is 36.0 Å². The molecule has 0 saturated carbocycles. The molecule has 0 aromatic heterocycles. The van der Waals surface area contributed by atoms with E-state index >= 15 is 0 Å². The van der Waals surface area contributed by atoms with Crippen molar-refractivity contribution in [3.63, 3.8) is 0 Å². The number of fused-ring (bicyclic) bond motifs is 2. The monoisotopic (exact) mass is 431 g/mol. The summed E-state index contributed by atoms with van der Waals surface area (Å²) in [4.78, 5) is 22.2. The fourth-order valence-corrected chi connectivity index (χ4v) is 5.26. The Morgan fingerprint density at radius 3 is 2.16 bits per heavy atom. The average molecular weight is 432 g/mol. The lowest BCUT2D eigenvalue weighted by Gasteiger charge is -2.37.